The van der Waals surface area contributed by atoms with Gasteiger partial charge >= 0.3 is 0 Å². The first-order valence-corrected chi connectivity index (χ1v) is 7.16. The second kappa shape index (κ2) is 6.11. The molecule has 0 fully saturated rings. The van der Waals surface area contributed by atoms with Crippen molar-refractivity contribution in [3.63, 3.8) is 0 Å². The molecule has 18 heavy (non-hydrogen) atoms. The van der Waals surface area contributed by atoms with E-state index in [4.69, 9.17) is 0 Å². The van der Waals surface area contributed by atoms with Gasteiger partial charge in [-0.25, -0.2) is 9.97 Å². The molecule has 0 aromatic carbocycles. The molecule has 2 heterocycles. The Morgan fingerprint density at radius 2 is 2.28 bits per heavy atom. The molecule has 2 aromatic heterocycles. The van der Waals surface area contributed by atoms with E-state index in [-0.39, 0.29) is 0 Å². The molecule has 0 saturated heterocycles. The zero-order chi connectivity index (χ0) is 13.0. The Morgan fingerprint density at radius 3 is 2.94 bits per heavy atom. The Bertz CT molecular complexity index is 492. The number of aryl methyl sites for hydroxylation is 2. The molecule has 0 bridgehead atoms. The summed E-state index contributed by atoms with van der Waals surface area (Å²) in [6.45, 7) is 5.07. The van der Waals surface area contributed by atoms with E-state index in [1.54, 1.807) is 17.5 Å². The van der Waals surface area contributed by atoms with E-state index in [2.05, 4.69) is 21.5 Å². The van der Waals surface area contributed by atoms with E-state index in [9.17, 15) is 5.11 Å². The largest absolute Gasteiger partial charge is 0.392 e. The minimum Gasteiger partial charge on any atom is -0.392 e. The molecule has 0 radical (unpaired) electrons. The van der Waals surface area contributed by atoms with Crippen LogP contribution in [0.25, 0.3) is 0 Å². The first-order chi connectivity index (χ1) is 8.69. The number of rotatable bonds is 6. The molecule has 1 atom stereocenters. The summed E-state index contributed by atoms with van der Waals surface area (Å²) in [4.78, 5) is 8.68. The molecule has 2 rings (SSSR count). The number of aromatic nitrogens is 3. The van der Waals surface area contributed by atoms with Gasteiger partial charge in [-0.05, 0) is 13.3 Å². The van der Waals surface area contributed by atoms with Gasteiger partial charge in [0.05, 0.1) is 16.8 Å². The second-order valence-electron chi connectivity index (χ2n) is 4.46. The van der Waals surface area contributed by atoms with Crippen molar-refractivity contribution in [3.8, 4) is 0 Å². The van der Waals surface area contributed by atoms with Crippen molar-refractivity contribution in [1.29, 1.82) is 0 Å². The summed E-state index contributed by atoms with van der Waals surface area (Å²) in [6.07, 6.45) is 5.62. The van der Waals surface area contributed by atoms with Crippen LogP contribution in [0, 0.1) is 6.92 Å². The Kier molecular flexibility index (Phi) is 4.49. The van der Waals surface area contributed by atoms with Gasteiger partial charge in [-0.3, -0.25) is 0 Å². The Morgan fingerprint density at radius 1 is 1.44 bits per heavy atom. The summed E-state index contributed by atoms with van der Waals surface area (Å²) in [5, 5.41) is 13.1. The van der Waals surface area contributed by atoms with E-state index < -0.39 is 6.10 Å². The summed E-state index contributed by atoms with van der Waals surface area (Å²) < 4.78 is 2.11. The maximum atomic E-state index is 10.1. The maximum absolute atomic E-state index is 10.1. The monoisotopic (exact) mass is 265 g/mol. The van der Waals surface area contributed by atoms with Crippen LogP contribution in [-0.2, 0) is 19.4 Å². The molecule has 0 saturated carbocycles. The van der Waals surface area contributed by atoms with Crippen LogP contribution in [0.3, 0.4) is 0 Å². The molecule has 2 aromatic rings. The average molecular weight is 265 g/mol. The van der Waals surface area contributed by atoms with Crippen molar-refractivity contribution < 1.29 is 5.11 Å². The van der Waals surface area contributed by atoms with E-state index in [1.807, 2.05) is 18.5 Å². The highest BCUT2D eigenvalue weighted by Crippen LogP contribution is 2.12. The fourth-order valence-electron chi connectivity index (χ4n) is 2.00. The molecule has 1 unspecified atom stereocenters. The van der Waals surface area contributed by atoms with Gasteiger partial charge in [-0.2, -0.15) is 0 Å². The molecule has 0 amide bonds. The van der Waals surface area contributed by atoms with Gasteiger partial charge < -0.3 is 9.67 Å². The lowest BCUT2D eigenvalue weighted by atomic mass is 10.1. The lowest BCUT2D eigenvalue weighted by Crippen LogP contribution is -2.17. The summed E-state index contributed by atoms with van der Waals surface area (Å²) in [7, 11) is 0. The quantitative estimate of drug-likeness (QED) is 0.871. The SMILES string of the molecule is CCCn1ccnc1CC(O)Cc1csc(C)n1. The third-order valence-corrected chi connectivity index (χ3v) is 3.62. The van der Waals surface area contributed by atoms with Crippen LogP contribution in [0.1, 0.15) is 29.9 Å². The topological polar surface area (TPSA) is 50.9 Å². The van der Waals surface area contributed by atoms with Crippen molar-refractivity contribution in [2.45, 2.75) is 45.8 Å². The number of thiazole rings is 1. The van der Waals surface area contributed by atoms with E-state index in [0.29, 0.717) is 12.8 Å². The van der Waals surface area contributed by atoms with Crippen LogP contribution >= 0.6 is 11.3 Å². The summed E-state index contributed by atoms with van der Waals surface area (Å²) >= 11 is 1.62. The third-order valence-electron chi connectivity index (χ3n) is 2.80. The van der Waals surface area contributed by atoms with E-state index in [0.717, 1.165) is 29.5 Å². The number of hydrogen-bond acceptors (Lipinski definition) is 4. The van der Waals surface area contributed by atoms with Crippen molar-refractivity contribution in [1.82, 2.24) is 14.5 Å². The van der Waals surface area contributed by atoms with Crippen LogP contribution in [0.15, 0.2) is 17.8 Å². The van der Waals surface area contributed by atoms with E-state index in [1.165, 1.54) is 0 Å². The average Bonchev–Trinajstić information content (AvgIpc) is 2.90. The molecule has 0 spiro atoms. The van der Waals surface area contributed by atoms with Gasteiger partial charge in [0, 0.05) is 37.2 Å². The molecular weight excluding hydrogens is 246 g/mol. The molecule has 5 heteroatoms. The van der Waals surface area contributed by atoms with Crippen LogP contribution in [0.5, 0.6) is 0 Å². The Hall–Kier alpha value is -1.20. The van der Waals surface area contributed by atoms with Gasteiger partial charge in [0.15, 0.2) is 0 Å². The highest BCUT2D eigenvalue weighted by Gasteiger charge is 2.12. The smallest absolute Gasteiger partial charge is 0.111 e. The molecule has 0 aliphatic heterocycles. The zero-order valence-corrected chi connectivity index (χ0v) is 11.7. The number of imidazole rings is 1. The lowest BCUT2D eigenvalue weighted by Gasteiger charge is -2.10. The summed E-state index contributed by atoms with van der Waals surface area (Å²) in [6, 6.07) is 0. The molecule has 98 valence electrons. The standard InChI is InChI=1S/C13H19N3OS/c1-3-5-16-6-4-14-13(16)8-12(17)7-11-9-18-10(2)15-11/h4,6,9,12,17H,3,5,7-8H2,1-2H3. The fourth-order valence-corrected chi connectivity index (χ4v) is 2.63. The molecular formula is C13H19N3OS. The van der Waals surface area contributed by atoms with E-state index >= 15 is 0 Å². The normalized spacial score (nSPS) is 12.8. The first kappa shape index (κ1) is 13.2. The van der Waals surface area contributed by atoms with Gasteiger partial charge in [-0.15, -0.1) is 11.3 Å². The second-order valence-corrected chi connectivity index (χ2v) is 5.52. The minimum atomic E-state index is -0.412. The van der Waals surface area contributed by atoms with Gasteiger partial charge in [0.25, 0.3) is 0 Å². The number of hydrogen-bond donors (Lipinski definition) is 1. The van der Waals surface area contributed by atoms with Gasteiger partial charge in [0.2, 0.25) is 0 Å². The maximum Gasteiger partial charge on any atom is 0.111 e. The predicted molar refractivity (Wildman–Crippen MR) is 72.8 cm³/mol. The number of aliphatic hydroxyl groups is 1. The minimum absolute atomic E-state index is 0.412. The van der Waals surface area contributed by atoms with Gasteiger partial charge in [-0.1, -0.05) is 6.92 Å². The summed E-state index contributed by atoms with van der Waals surface area (Å²) in [5.74, 6) is 0.955. The fraction of sp³-hybridized carbons (Fsp3) is 0.538. The molecule has 4 nitrogen and oxygen atoms in total. The number of aliphatic hydroxyl groups excluding tert-OH is 1. The number of nitrogens with zero attached hydrogens (tertiary/aromatic N) is 3. The van der Waals surface area contributed by atoms with Gasteiger partial charge in [0.1, 0.15) is 5.82 Å². The van der Waals surface area contributed by atoms with Crippen LogP contribution in [0.4, 0.5) is 0 Å². The molecule has 0 aliphatic carbocycles. The highest BCUT2D eigenvalue weighted by atomic mass is 32.1. The highest BCUT2D eigenvalue weighted by molar-refractivity contribution is 7.09. The van der Waals surface area contributed by atoms with Crippen LogP contribution in [-0.4, -0.2) is 25.7 Å². The predicted octanol–water partition coefficient (Wildman–Crippen LogP) is 2.20. The zero-order valence-electron chi connectivity index (χ0n) is 10.8. The first-order valence-electron chi connectivity index (χ1n) is 6.28. The Balaban J connectivity index is 1.94. The molecule has 0 aliphatic rings. The van der Waals surface area contributed by atoms with Crippen LogP contribution < -0.4 is 0 Å². The Labute approximate surface area is 111 Å². The van der Waals surface area contributed by atoms with Crippen molar-refractivity contribution in [2.24, 2.45) is 0 Å². The van der Waals surface area contributed by atoms with Crippen molar-refractivity contribution in [2.75, 3.05) is 0 Å². The summed E-state index contributed by atoms with van der Waals surface area (Å²) in [5.41, 5.74) is 0.971. The van der Waals surface area contributed by atoms with Crippen molar-refractivity contribution >= 4 is 11.3 Å². The molecule has 1 N–H and O–H groups in total. The van der Waals surface area contributed by atoms with Crippen LogP contribution in [0.2, 0.25) is 0 Å². The van der Waals surface area contributed by atoms with Crippen molar-refractivity contribution in [3.05, 3.63) is 34.3 Å². The third kappa shape index (κ3) is 3.40. The lowest BCUT2D eigenvalue weighted by molar-refractivity contribution is 0.170.